The number of rotatable bonds is 2. The molecule has 0 saturated heterocycles. The van der Waals surface area contributed by atoms with Crippen LogP contribution in [0.5, 0.6) is 0 Å². The van der Waals surface area contributed by atoms with Gasteiger partial charge in [0.05, 0.1) is 5.52 Å². The van der Waals surface area contributed by atoms with E-state index in [-0.39, 0.29) is 0 Å². The van der Waals surface area contributed by atoms with Gasteiger partial charge in [-0.05, 0) is 43.3 Å². The van der Waals surface area contributed by atoms with Gasteiger partial charge in [-0.3, -0.25) is 4.98 Å². The number of pyridine rings is 1. The van der Waals surface area contributed by atoms with E-state index in [0.29, 0.717) is 17.1 Å². The number of nitrogens with two attached hydrogens (primary N) is 1. The van der Waals surface area contributed by atoms with Crippen molar-refractivity contribution in [3.63, 3.8) is 0 Å². The van der Waals surface area contributed by atoms with Crippen LogP contribution in [0, 0.1) is 18.6 Å². The molecule has 0 radical (unpaired) electrons. The molecule has 3 N–H and O–H groups in total. The maximum atomic E-state index is 13.3. The summed E-state index contributed by atoms with van der Waals surface area (Å²) < 4.78 is 26.6. The van der Waals surface area contributed by atoms with Crippen molar-refractivity contribution in [1.82, 2.24) is 4.98 Å². The van der Waals surface area contributed by atoms with Gasteiger partial charge in [0.25, 0.3) is 0 Å². The number of aryl methyl sites for hydroxylation is 1. The third-order valence-corrected chi connectivity index (χ3v) is 3.10. The summed E-state index contributed by atoms with van der Waals surface area (Å²) in [6.45, 7) is 1.85. The molecular weight excluding hydrogens is 272 g/mol. The molecule has 0 atom stereocenters. The zero-order valence-corrected chi connectivity index (χ0v) is 11.3. The lowest BCUT2D eigenvalue weighted by Gasteiger charge is -2.11. The van der Waals surface area contributed by atoms with Crippen molar-refractivity contribution in [3.05, 3.63) is 59.8 Å². The molecule has 0 aliphatic carbocycles. The number of halogens is 2. The van der Waals surface area contributed by atoms with Gasteiger partial charge in [0, 0.05) is 34.2 Å². The molecule has 0 saturated carbocycles. The number of aromatic nitrogens is 1. The van der Waals surface area contributed by atoms with Crippen LogP contribution in [-0.2, 0) is 0 Å². The summed E-state index contributed by atoms with van der Waals surface area (Å²) in [7, 11) is 0. The molecule has 2 aromatic carbocycles. The third-order valence-electron chi connectivity index (χ3n) is 3.10. The molecule has 1 heterocycles. The molecule has 0 amide bonds. The third kappa shape index (κ3) is 2.76. The normalized spacial score (nSPS) is 10.8. The van der Waals surface area contributed by atoms with Gasteiger partial charge in [0.2, 0.25) is 0 Å². The molecule has 21 heavy (non-hydrogen) atoms. The number of hydrogen-bond donors (Lipinski definition) is 2. The SMILES string of the molecule is Cc1cc(Nc2cc(F)cc(F)c2)c2cc(N)ccc2n1. The molecule has 0 spiro atoms. The summed E-state index contributed by atoms with van der Waals surface area (Å²) in [6, 6.07) is 10.5. The van der Waals surface area contributed by atoms with Gasteiger partial charge in [-0.15, -0.1) is 0 Å². The second-order valence-corrected chi connectivity index (χ2v) is 4.87. The second-order valence-electron chi connectivity index (χ2n) is 4.87. The molecule has 0 fully saturated rings. The van der Waals surface area contributed by atoms with Crippen LogP contribution in [-0.4, -0.2) is 4.98 Å². The summed E-state index contributed by atoms with van der Waals surface area (Å²) in [4.78, 5) is 4.41. The van der Waals surface area contributed by atoms with E-state index >= 15 is 0 Å². The van der Waals surface area contributed by atoms with Crippen LogP contribution in [0.1, 0.15) is 5.69 Å². The highest BCUT2D eigenvalue weighted by Gasteiger charge is 2.07. The fourth-order valence-corrected chi connectivity index (χ4v) is 2.26. The summed E-state index contributed by atoms with van der Waals surface area (Å²) in [6.07, 6.45) is 0. The predicted molar refractivity (Wildman–Crippen MR) is 80.5 cm³/mol. The molecule has 0 bridgehead atoms. The molecule has 0 aliphatic rings. The van der Waals surface area contributed by atoms with E-state index in [0.717, 1.165) is 22.7 Å². The minimum atomic E-state index is -0.632. The van der Waals surface area contributed by atoms with Gasteiger partial charge in [0.15, 0.2) is 0 Å². The highest BCUT2D eigenvalue weighted by Crippen LogP contribution is 2.28. The summed E-state index contributed by atoms with van der Waals surface area (Å²) in [5, 5.41) is 3.82. The lowest BCUT2D eigenvalue weighted by molar-refractivity contribution is 0.584. The molecule has 5 heteroatoms. The van der Waals surface area contributed by atoms with Crippen molar-refractivity contribution in [1.29, 1.82) is 0 Å². The van der Waals surface area contributed by atoms with Gasteiger partial charge in [0.1, 0.15) is 11.6 Å². The topological polar surface area (TPSA) is 50.9 Å². The standard InChI is InChI=1S/C16H13F2N3/c1-9-4-16(14-8-12(19)2-3-15(14)20-9)21-13-6-10(17)5-11(18)7-13/h2-8H,19H2,1H3,(H,20,21). The fourth-order valence-electron chi connectivity index (χ4n) is 2.26. The number of hydrogen-bond acceptors (Lipinski definition) is 3. The van der Waals surface area contributed by atoms with E-state index in [2.05, 4.69) is 10.3 Å². The Morgan fingerprint density at radius 3 is 2.43 bits per heavy atom. The first-order valence-electron chi connectivity index (χ1n) is 6.41. The van der Waals surface area contributed by atoms with Gasteiger partial charge in [-0.1, -0.05) is 0 Å². The maximum absolute atomic E-state index is 13.3. The number of nitrogen functional groups attached to an aromatic ring is 1. The van der Waals surface area contributed by atoms with E-state index < -0.39 is 11.6 Å². The predicted octanol–water partition coefficient (Wildman–Crippen LogP) is 4.15. The fraction of sp³-hybridized carbons (Fsp3) is 0.0625. The second kappa shape index (κ2) is 5.01. The number of benzene rings is 2. The molecule has 3 rings (SSSR count). The molecule has 0 unspecified atom stereocenters. The first-order chi connectivity index (χ1) is 10.0. The number of fused-ring (bicyclic) bond motifs is 1. The first kappa shape index (κ1) is 13.3. The van der Waals surface area contributed by atoms with Crippen molar-refractivity contribution in [2.24, 2.45) is 0 Å². The average molecular weight is 285 g/mol. The zero-order valence-electron chi connectivity index (χ0n) is 11.3. The molecule has 1 aromatic heterocycles. The lowest BCUT2D eigenvalue weighted by Crippen LogP contribution is -1.97. The monoisotopic (exact) mass is 285 g/mol. The Balaban J connectivity index is 2.13. The summed E-state index contributed by atoms with van der Waals surface area (Å²) >= 11 is 0. The highest BCUT2D eigenvalue weighted by atomic mass is 19.1. The molecule has 3 aromatic rings. The van der Waals surface area contributed by atoms with Gasteiger partial charge >= 0.3 is 0 Å². The van der Waals surface area contributed by atoms with Crippen molar-refractivity contribution in [3.8, 4) is 0 Å². The molecule has 106 valence electrons. The molecule has 0 aliphatic heterocycles. The Morgan fingerprint density at radius 1 is 1.00 bits per heavy atom. The van der Waals surface area contributed by atoms with Gasteiger partial charge < -0.3 is 11.1 Å². The largest absolute Gasteiger partial charge is 0.399 e. The van der Waals surface area contributed by atoms with Crippen LogP contribution in [0.3, 0.4) is 0 Å². The van der Waals surface area contributed by atoms with Crippen molar-refractivity contribution in [2.45, 2.75) is 6.92 Å². The van der Waals surface area contributed by atoms with Crippen molar-refractivity contribution in [2.75, 3.05) is 11.1 Å². The summed E-state index contributed by atoms with van der Waals surface area (Å²) in [5.41, 5.74) is 9.00. The Labute approximate surface area is 120 Å². The van der Waals surface area contributed by atoms with Gasteiger partial charge in [-0.25, -0.2) is 8.78 Å². The molecule has 3 nitrogen and oxygen atoms in total. The highest BCUT2D eigenvalue weighted by molar-refractivity contribution is 5.95. The van der Waals surface area contributed by atoms with Crippen LogP contribution in [0.2, 0.25) is 0 Å². The van der Waals surface area contributed by atoms with Gasteiger partial charge in [-0.2, -0.15) is 0 Å². The summed E-state index contributed by atoms with van der Waals surface area (Å²) in [5.74, 6) is -1.26. The Bertz CT molecular complexity index is 811. The molecular formula is C16H13F2N3. The Morgan fingerprint density at radius 2 is 1.71 bits per heavy atom. The number of nitrogens with one attached hydrogen (secondary N) is 1. The van der Waals surface area contributed by atoms with E-state index in [1.165, 1.54) is 12.1 Å². The first-order valence-corrected chi connectivity index (χ1v) is 6.41. The van der Waals surface area contributed by atoms with Crippen LogP contribution < -0.4 is 11.1 Å². The van der Waals surface area contributed by atoms with E-state index in [9.17, 15) is 8.78 Å². The van der Waals surface area contributed by atoms with Crippen molar-refractivity contribution < 1.29 is 8.78 Å². The van der Waals surface area contributed by atoms with Crippen LogP contribution in [0.15, 0.2) is 42.5 Å². The van der Waals surface area contributed by atoms with Crippen LogP contribution in [0.4, 0.5) is 25.8 Å². The Kier molecular flexibility index (Phi) is 3.17. The lowest BCUT2D eigenvalue weighted by atomic mass is 10.1. The van der Waals surface area contributed by atoms with E-state index in [1.807, 2.05) is 19.1 Å². The van der Waals surface area contributed by atoms with E-state index in [4.69, 9.17) is 5.73 Å². The van der Waals surface area contributed by atoms with Crippen LogP contribution >= 0.6 is 0 Å². The Hall–Kier alpha value is -2.69. The van der Waals surface area contributed by atoms with Crippen LogP contribution in [0.25, 0.3) is 10.9 Å². The average Bonchev–Trinajstić information content (AvgIpc) is 2.38. The maximum Gasteiger partial charge on any atom is 0.128 e. The minimum Gasteiger partial charge on any atom is -0.399 e. The van der Waals surface area contributed by atoms with E-state index in [1.54, 1.807) is 12.1 Å². The van der Waals surface area contributed by atoms with Crippen molar-refractivity contribution >= 4 is 28.0 Å². The number of anilines is 3. The zero-order chi connectivity index (χ0) is 15.0. The number of nitrogens with zero attached hydrogens (tertiary/aromatic N) is 1. The smallest absolute Gasteiger partial charge is 0.128 e. The quantitative estimate of drug-likeness (QED) is 0.695. The minimum absolute atomic E-state index is 0.335.